The summed E-state index contributed by atoms with van der Waals surface area (Å²) >= 11 is 5.93. The third-order valence-electron chi connectivity index (χ3n) is 6.50. The van der Waals surface area contributed by atoms with E-state index in [1.54, 1.807) is 14.2 Å². The highest BCUT2D eigenvalue weighted by Crippen LogP contribution is 2.46. The standard InChI is InChI=1S/C23H24N2O5S/c1-28-15-7-3-13(4-8-15)12-24-20-19(17-11-18(26)21(20)30-22(17)27)25(23(24)31)14-5-9-16(29-2)10-6-14/h3-10,17-21,26H,11-12H2,1-2H3. The largest absolute Gasteiger partial charge is 0.497 e. The summed E-state index contributed by atoms with van der Waals surface area (Å²) in [6, 6.07) is 15.1. The summed E-state index contributed by atoms with van der Waals surface area (Å²) in [6.07, 6.45) is -0.918. The predicted molar refractivity (Wildman–Crippen MR) is 118 cm³/mol. The molecule has 0 amide bonds. The maximum atomic E-state index is 12.6. The first kappa shape index (κ1) is 20.1. The first-order chi connectivity index (χ1) is 15.0. The molecule has 1 aliphatic carbocycles. The van der Waals surface area contributed by atoms with Crippen LogP contribution in [0.1, 0.15) is 12.0 Å². The van der Waals surface area contributed by atoms with Crippen molar-refractivity contribution in [2.45, 2.75) is 37.3 Å². The molecular weight excluding hydrogens is 416 g/mol. The van der Waals surface area contributed by atoms with E-state index in [0.29, 0.717) is 18.1 Å². The summed E-state index contributed by atoms with van der Waals surface area (Å²) in [7, 11) is 3.26. The van der Waals surface area contributed by atoms with Gasteiger partial charge in [-0.1, -0.05) is 12.1 Å². The number of hydrogen-bond acceptors (Lipinski definition) is 6. The number of benzene rings is 2. The van der Waals surface area contributed by atoms with Gasteiger partial charge in [0, 0.05) is 12.2 Å². The van der Waals surface area contributed by atoms with E-state index in [2.05, 4.69) is 4.90 Å². The SMILES string of the molecule is COc1ccc(CN2C(=S)N(c3ccc(OC)cc3)C3C4CC(O)C(OC4=O)C32)cc1. The molecule has 1 N–H and O–H groups in total. The molecule has 0 radical (unpaired) electrons. The molecule has 6 rings (SSSR count). The zero-order chi connectivity index (χ0) is 21.7. The molecule has 7 nitrogen and oxygen atoms in total. The molecule has 5 atom stereocenters. The summed E-state index contributed by atoms with van der Waals surface area (Å²) in [4.78, 5) is 16.7. The summed E-state index contributed by atoms with van der Waals surface area (Å²) < 4.78 is 16.2. The first-order valence-corrected chi connectivity index (χ1v) is 10.7. The molecule has 0 spiro atoms. The van der Waals surface area contributed by atoms with Gasteiger partial charge in [0.1, 0.15) is 17.6 Å². The van der Waals surface area contributed by atoms with Gasteiger partial charge in [-0.15, -0.1) is 0 Å². The number of esters is 1. The van der Waals surface area contributed by atoms with Gasteiger partial charge in [-0.2, -0.15) is 0 Å². The molecular formula is C23H24N2O5S. The Morgan fingerprint density at radius 1 is 1.03 bits per heavy atom. The summed E-state index contributed by atoms with van der Waals surface area (Å²) in [5.41, 5.74) is 1.95. The number of aliphatic hydroxyl groups excluding tert-OH is 1. The van der Waals surface area contributed by atoms with Crippen LogP contribution in [0.15, 0.2) is 48.5 Å². The minimum absolute atomic E-state index is 0.186. The van der Waals surface area contributed by atoms with Crippen molar-refractivity contribution in [2.24, 2.45) is 5.92 Å². The second-order valence-electron chi connectivity index (χ2n) is 8.12. The molecule has 0 aromatic heterocycles. The second kappa shape index (κ2) is 7.69. The third kappa shape index (κ3) is 3.21. The van der Waals surface area contributed by atoms with Crippen molar-refractivity contribution in [3.8, 4) is 11.5 Å². The molecule has 31 heavy (non-hydrogen) atoms. The Balaban J connectivity index is 1.53. The van der Waals surface area contributed by atoms with Crippen LogP contribution in [-0.2, 0) is 16.1 Å². The van der Waals surface area contributed by atoms with E-state index in [4.69, 9.17) is 26.4 Å². The van der Waals surface area contributed by atoms with E-state index in [-0.39, 0.29) is 18.1 Å². The second-order valence-corrected chi connectivity index (χ2v) is 8.48. The molecule has 4 aliphatic rings. The first-order valence-electron chi connectivity index (χ1n) is 10.3. The van der Waals surface area contributed by atoms with Gasteiger partial charge in [-0.25, -0.2) is 0 Å². The minimum atomic E-state index is -0.694. The maximum Gasteiger partial charge on any atom is 0.311 e. The van der Waals surface area contributed by atoms with Crippen LogP contribution in [0, 0.1) is 5.92 Å². The highest BCUT2D eigenvalue weighted by molar-refractivity contribution is 7.80. The zero-order valence-corrected chi connectivity index (χ0v) is 18.1. The average molecular weight is 441 g/mol. The number of hydrogen-bond donors (Lipinski definition) is 1. The Hall–Kier alpha value is -2.84. The van der Waals surface area contributed by atoms with E-state index >= 15 is 0 Å². The van der Waals surface area contributed by atoms with Gasteiger partial charge in [0.2, 0.25) is 0 Å². The number of aliphatic hydroxyl groups is 1. The lowest BCUT2D eigenvalue weighted by atomic mass is 9.74. The molecule has 1 saturated carbocycles. The van der Waals surface area contributed by atoms with Crippen LogP contribution in [0.25, 0.3) is 0 Å². The van der Waals surface area contributed by atoms with Gasteiger partial charge >= 0.3 is 5.97 Å². The fourth-order valence-corrected chi connectivity index (χ4v) is 5.43. The number of fused-ring (bicyclic) bond motifs is 2. The lowest BCUT2D eigenvalue weighted by Gasteiger charge is -2.49. The molecule has 162 valence electrons. The number of thiocarbonyl (C=S) groups is 1. The summed E-state index contributed by atoms with van der Waals surface area (Å²) in [5.74, 6) is 0.835. The fourth-order valence-electron chi connectivity index (χ4n) is 5.01. The highest BCUT2D eigenvalue weighted by Gasteiger charge is 2.62. The Bertz CT molecular complexity index is 996. The van der Waals surface area contributed by atoms with Crippen molar-refractivity contribution in [1.29, 1.82) is 0 Å². The van der Waals surface area contributed by atoms with E-state index in [1.165, 1.54) is 0 Å². The van der Waals surface area contributed by atoms with E-state index in [0.717, 1.165) is 22.7 Å². The molecule has 3 saturated heterocycles. The van der Waals surface area contributed by atoms with Crippen LogP contribution in [-0.4, -0.2) is 59.6 Å². The topological polar surface area (TPSA) is 71.5 Å². The van der Waals surface area contributed by atoms with E-state index in [9.17, 15) is 9.90 Å². The van der Waals surface area contributed by atoms with Crippen LogP contribution >= 0.6 is 12.2 Å². The average Bonchev–Trinajstić information content (AvgIpc) is 3.08. The van der Waals surface area contributed by atoms with Crippen LogP contribution in [0.5, 0.6) is 11.5 Å². The predicted octanol–water partition coefficient (Wildman–Crippen LogP) is 2.35. The van der Waals surface area contributed by atoms with Crippen molar-refractivity contribution in [1.82, 2.24) is 4.90 Å². The van der Waals surface area contributed by atoms with Crippen molar-refractivity contribution < 1.29 is 24.1 Å². The molecule has 4 fully saturated rings. The number of methoxy groups -OCH3 is 2. The molecule has 2 aromatic carbocycles. The lowest BCUT2D eigenvalue weighted by Crippen LogP contribution is -2.66. The Labute approximate surface area is 186 Å². The molecule has 2 aromatic rings. The van der Waals surface area contributed by atoms with E-state index in [1.807, 2.05) is 53.4 Å². The smallest absolute Gasteiger partial charge is 0.311 e. The lowest BCUT2D eigenvalue weighted by molar-refractivity contribution is -0.194. The Morgan fingerprint density at radius 3 is 2.26 bits per heavy atom. The number of ether oxygens (including phenoxy) is 3. The zero-order valence-electron chi connectivity index (χ0n) is 17.3. The van der Waals surface area contributed by atoms with Crippen molar-refractivity contribution in [3.63, 3.8) is 0 Å². The van der Waals surface area contributed by atoms with Crippen LogP contribution in [0.2, 0.25) is 0 Å². The fraction of sp³-hybridized carbons (Fsp3) is 0.391. The van der Waals surface area contributed by atoms with Gasteiger partial charge in [-0.05, 0) is 60.6 Å². The maximum absolute atomic E-state index is 12.6. The molecule has 5 unspecified atom stereocenters. The monoisotopic (exact) mass is 440 g/mol. The number of nitrogens with zero attached hydrogens (tertiary/aromatic N) is 2. The van der Waals surface area contributed by atoms with Crippen molar-refractivity contribution >= 4 is 29.0 Å². The Kier molecular flexibility index (Phi) is 4.98. The van der Waals surface area contributed by atoms with Gasteiger partial charge in [0.05, 0.1) is 38.3 Å². The van der Waals surface area contributed by atoms with Crippen molar-refractivity contribution in [2.75, 3.05) is 19.1 Å². The van der Waals surface area contributed by atoms with Gasteiger partial charge in [0.25, 0.3) is 0 Å². The van der Waals surface area contributed by atoms with E-state index < -0.39 is 18.1 Å². The number of anilines is 1. The highest BCUT2D eigenvalue weighted by atomic mass is 32.1. The number of carbonyl (C=O) groups is 1. The molecule has 3 aliphatic heterocycles. The Morgan fingerprint density at radius 2 is 1.65 bits per heavy atom. The number of carbonyl (C=O) groups excluding carboxylic acids is 1. The van der Waals surface area contributed by atoms with Crippen molar-refractivity contribution in [3.05, 3.63) is 54.1 Å². The van der Waals surface area contributed by atoms with Gasteiger partial charge in [0.15, 0.2) is 5.11 Å². The van der Waals surface area contributed by atoms with Crippen LogP contribution in [0.3, 0.4) is 0 Å². The molecule has 8 heteroatoms. The minimum Gasteiger partial charge on any atom is -0.497 e. The van der Waals surface area contributed by atoms with Crippen LogP contribution in [0.4, 0.5) is 5.69 Å². The third-order valence-corrected chi connectivity index (χ3v) is 6.93. The molecule has 2 bridgehead atoms. The normalized spacial score (nSPS) is 29.1. The quantitative estimate of drug-likeness (QED) is 0.561. The van der Waals surface area contributed by atoms with Crippen LogP contribution < -0.4 is 14.4 Å². The van der Waals surface area contributed by atoms with Gasteiger partial charge in [-0.3, -0.25) is 4.79 Å². The number of rotatable bonds is 5. The van der Waals surface area contributed by atoms with Gasteiger partial charge < -0.3 is 29.1 Å². The molecule has 3 heterocycles. The summed E-state index contributed by atoms with van der Waals surface area (Å²) in [6.45, 7) is 0.546. The summed E-state index contributed by atoms with van der Waals surface area (Å²) in [5, 5.41) is 11.3.